The van der Waals surface area contributed by atoms with Crippen LogP contribution < -0.4 is 4.74 Å². The molecular weight excluding hydrogens is 390 g/mol. The highest BCUT2D eigenvalue weighted by molar-refractivity contribution is 7.89. The second-order valence-electron chi connectivity index (χ2n) is 7.95. The fourth-order valence-electron chi connectivity index (χ4n) is 3.83. The van der Waals surface area contributed by atoms with Gasteiger partial charge in [-0.15, -0.1) is 0 Å². The van der Waals surface area contributed by atoms with Crippen molar-refractivity contribution in [3.05, 3.63) is 24.3 Å². The molecule has 1 aliphatic rings. The molecule has 164 valence electrons. The molecule has 0 aromatic heterocycles. The van der Waals surface area contributed by atoms with E-state index in [-0.39, 0.29) is 28.9 Å². The van der Waals surface area contributed by atoms with Crippen LogP contribution in [-0.2, 0) is 14.8 Å². The SMILES string of the molecule is CCOc1ccc(S(=O)(=O)N2CCN([C@@H](C)C(=O)N(C(C)C)C(C)C)CC2)cc1. The van der Waals surface area contributed by atoms with Gasteiger partial charge in [0.1, 0.15) is 5.75 Å². The van der Waals surface area contributed by atoms with Crippen LogP contribution in [0.3, 0.4) is 0 Å². The first-order valence-corrected chi connectivity index (χ1v) is 11.8. The van der Waals surface area contributed by atoms with Gasteiger partial charge in [-0.1, -0.05) is 0 Å². The number of nitrogens with zero attached hydrogens (tertiary/aromatic N) is 3. The average molecular weight is 426 g/mol. The van der Waals surface area contributed by atoms with Crippen molar-refractivity contribution in [1.82, 2.24) is 14.1 Å². The molecule has 8 heteroatoms. The largest absolute Gasteiger partial charge is 0.494 e. The number of benzene rings is 1. The van der Waals surface area contributed by atoms with Crippen molar-refractivity contribution >= 4 is 15.9 Å². The van der Waals surface area contributed by atoms with Crippen LogP contribution in [0.5, 0.6) is 5.75 Å². The van der Waals surface area contributed by atoms with Gasteiger partial charge in [0, 0.05) is 38.3 Å². The second kappa shape index (κ2) is 9.91. The number of amides is 1. The zero-order valence-electron chi connectivity index (χ0n) is 18.5. The first-order chi connectivity index (χ1) is 13.6. The van der Waals surface area contributed by atoms with Gasteiger partial charge in [0.05, 0.1) is 17.5 Å². The van der Waals surface area contributed by atoms with E-state index in [2.05, 4.69) is 4.90 Å². The third-order valence-corrected chi connectivity index (χ3v) is 7.23. The number of rotatable bonds is 8. The predicted molar refractivity (Wildman–Crippen MR) is 115 cm³/mol. The third kappa shape index (κ3) is 5.49. The Morgan fingerprint density at radius 3 is 1.97 bits per heavy atom. The van der Waals surface area contributed by atoms with E-state index < -0.39 is 10.0 Å². The number of piperazine rings is 1. The van der Waals surface area contributed by atoms with Gasteiger partial charge in [-0.25, -0.2) is 8.42 Å². The Labute approximate surface area is 175 Å². The van der Waals surface area contributed by atoms with E-state index in [4.69, 9.17) is 4.74 Å². The Hall–Kier alpha value is -1.64. The molecule has 1 heterocycles. The molecule has 7 nitrogen and oxygen atoms in total. The lowest BCUT2D eigenvalue weighted by atomic mass is 10.1. The molecule has 29 heavy (non-hydrogen) atoms. The lowest BCUT2D eigenvalue weighted by Gasteiger charge is -2.40. The summed E-state index contributed by atoms with van der Waals surface area (Å²) in [4.78, 5) is 17.2. The molecule has 0 unspecified atom stereocenters. The monoisotopic (exact) mass is 425 g/mol. The van der Waals surface area contributed by atoms with Gasteiger partial charge in [-0.3, -0.25) is 9.69 Å². The number of ether oxygens (including phenoxy) is 1. The summed E-state index contributed by atoms with van der Waals surface area (Å²) in [6, 6.07) is 6.52. The Morgan fingerprint density at radius 1 is 1.00 bits per heavy atom. The van der Waals surface area contributed by atoms with Crippen molar-refractivity contribution in [2.45, 2.75) is 64.6 Å². The minimum absolute atomic E-state index is 0.0952. The van der Waals surface area contributed by atoms with Crippen LogP contribution in [0.4, 0.5) is 0 Å². The highest BCUT2D eigenvalue weighted by Gasteiger charge is 2.34. The topological polar surface area (TPSA) is 70.2 Å². The standard InChI is InChI=1S/C21H35N3O4S/c1-7-28-19-8-10-20(11-9-19)29(26,27)23-14-12-22(13-15-23)18(6)21(25)24(16(2)3)17(4)5/h8-11,16-18H,7,12-15H2,1-6H3/t18-/m0/s1. The number of sulfonamides is 1. The maximum absolute atomic E-state index is 13.0. The lowest BCUT2D eigenvalue weighted by molar-refractivity contribution is -0.140. The number of hydrogen-bond donors (Lipinski definition) is 0. The summed E-state index contributed by atoms with van der Waals surface area (Å²) in [6.07, 6.45) is 0. The third-order valence-electron chi connectivity index (χ3n) is 5.32. The molecule has 1 saturated heterocycles. The predicted octanol–water partition coefficient (Wildman–Crippen LogP) is 2.43. The highest BCUT2D eigenvalue weighted by Crippen LogP contribution is 2.22. The summed E-state index contributed by atoms with van der Waals surface area (Å²) in [5.41, 5.74) is 0. The fourth-order valence-corrected chi connectivity index (χ4v) is 5.25. The van der Waals surface area contributed by atoms with Crippen LogP contribution in [0, 0.1) is 0 Å². The van der Waals surface area contributed by atoms with Gasteiger partial charge < -0.3 is 9.64 Å². The second-order valence-corrected chi connectivity index (χ2v) is 9.89. The number of carbonyl (C=O) groups is 1. The summed E-state index contributed by atoms with van der Waals surface area (Å²) < 4.78 is 32.8. The van der Waals surface area contributed by atoms with Gasteiger partial charge in [0.2, 0.25) is 15.9 Å². The van der Waals surface area contributed by atoms with Crippen LogP contribution >= 0.6 is 0 Å². The Bertz CT molecular complexity index is 762. The summed E-state index contributed by atoms with van der Waals surface area (Å²) in [6.45, 7) is 14.2. The van der Waals surface area contributed by atoms with Gasteiger partial charge in [0.25, 0.3) is 0 Å². The van der Waals surface area contributed by atoms with E-state index in [1.807, 2.05) is 46.4 Å². The molecule has 0 N–H and O–H groups in total. The molecule has 1 amide bonds. The zero-order valence-corrected chi connectivity index (χ0v) is 19.3. The van der Waals surface area contributed by atoms with Gasteiger partial charge in [-0.05, 0) is 65.8 Å². The van der Waals surface area contributed by atoms with E-state index >= 15 is 0 Å². The molecule has 2 rings (SSSR count). The maximum atomic E-state index is 13.0. The molecule has 1 aromatic carbocycles. The molecule has 1 fully saturated rings. The van der Waals surface area contributed by atoms with Crippen molar-refractivity contribution in [2.24, 2.45) is 0 Å². The molecule has 0 radical (unpaired) electrons. The van der Waals surface area contributed by atoms with Crippen LogP contribution in [0.1, 0.15) is 41.5 Å². The molecule has 0 bridgehead atoms. The Balaban J connectivity index is 2.02. The molecular formula is C21H35N3O4S. The summed E-state index contributed by atoms with van der Waals surface area (Å²) in [5, 5.41) is 0. The van der Waals surface area contributed by atoms with E-state index in [0.29, 0.717) is 38.5 Å². The average Bonchev–Trinajstić information content (AvgIpc) is 2.67. The zero-order chi connectivity index (χ0) is 21.8. The quantitative estimate of drug-likeness (QED) is 0.640. The van der Waals surface area contributed by atoms with E-state index in [0.717, 1.165) is 0 Å². The van der Waals surface area contributed by atoms with E-state index in [9.17, 15) is 13.2 Å². The van der Waals surface area contributed by atoms with Crippen molar-refractivity contribution in [3.8, 4) is 5.75 Å². The summed E-state index contributed by atoms with van der Waals surface area (Å²) >= 11 is 0. The van der Waals surface area contributed by atoms with Gasteiger partial charge in [0.15, 0.2) is 0 Å². The van der Waals surface area contributed by atoms with Crippen LogP contribution in [0.2, 0.25) is 0 Å². The molecule has 0 saturated carbocycles. The lowest BCUT2D eigenvalue weighted by Crippen LogP contribution is -2.57. The fraction of sp³-hybridized carbons (Fsp3) is 0.667. The highest BCUT2D eigenvalue weighted by atomic mass is 32.2. The normalized spacial score (nSPS) is 17.5. The first kappa shape index (κ1) is 23.6. The Kier molecular flexibility index (Phi) is 8.08. The summed E-state index contributed by atoms with van der Waals surface area (Å²) in [5.74, 6) is 0.751. The molecule has 0 aliphatic carbocycles. The number of hydrogen-bond acceptors (Lipinski definition) is 5. The molecule has 0 spiro atoms. The minimum atomic E-state index is -3.55. The van der Waals surface area contributed by atoms with Crippen LogP contribution in [-0.4, -0.2) is 79.3 Å². The van der Waals surface area contributed by atoms with Crippen molar-refractivity contribution in [3.63, 3.8) is 0 Å². The van der Waals surface area contributed by atoms with Crippen molar-refractivity contribution in [1.29, 1.82) is 0 Å². The minimum Gasteiger partial charge on any atom is -0.494 e. The summed E-state index contributed by atoms with van der Waals surface area (Å²) in [7, 11) is -3.55. The van der Waals surface area contributed by atoms with Gasteiger partial charge >= 0.3 is 0 Å². The smallest absolute Gasteiger partial charge is 0.243 e. The molecule has 1 aromatic rings. The first-order valence-electron chi connectivity index (χ1n) is 10.4. The van der Waals surface area contributed by atoms with Crippen LogP contribution in [0.15, 0.2) is 29.2 Å². The van der Waals surface area contributed by atoms with E-state index in [1.165, 1.54) is 4.31 Å². The van der Waals surface area contributed by atoms with Crippen molar-refractivity contribution < 1.29 is 17.9 Å². The molecule has 1 atom stereocenters. The number of carbonyl (C=O) groups excluding carboxylic acids is 1. The van der Waals surface area contributed by atoms with Gasteiger partial charge in [-0.2, -0.15) is 4.31 Å². The Morgan fingerprint density at radius 2 is 1.52 bits per heavy atom. The van der Waals surface area contributed by atoms with E-state index in [1.54, 1.807) is 24.3 Å². The van der Waals surface area contributed by atoms with Crippen LogP contribution in [0.25, 0.3) is 0 Å². The maximum Gasteiger partial charge on any atom is 0.243 e. The van der Waals surface area contributed by atoms with Crippen molar-refractivity contribution in [2.75, 3.05) is 32.8 Å². The molecule has 1 aliphatic heterocycles.